The molecule has 2 fully saturated rings. The van der Waals surface area contributed by atoms with Gasteiger partial charge in [0, 0.05) is 31.3 Å². The lowest BCUT2D eigenvalue weighted by atomic mass is 9.70. The van der Waals surface area contributed by atoms with Gasteiger partial charge >= 0.3 is 0 Å². The van der Waals surface area contributed by atoms with Crippen LogP contribution in [0, 0.1) is 11.3 Å². The fourth-order valence-corrected chi connectivity index (χ4v) is 5.51. The minimum absolute atomic E-state index is 0.0110. The normalized spacial score (nSPS) is 26.2. The zero-order chi connectivity index (χ0) is 24.2. The quantitative estimate of drug-likeness (QED) is 0.623. The maximum atomic E-state index is 13.6. The number of halogens is 1. The molecule has 2 amide bonds. The van der Waals surface area contributed by atoms with E-state index in [1.165, 1.54) is 5.56 Å². The van der Waals surface area contributed by atoms with Gasteiger partial charge in [0.15, 0.2) is 0 Å². The average Bonchev–Trinajstić information content (AvgIpc) is 2.77. The first kappa shape index (κ1) is 26.0. The summed E-state index contributed by atoms with van der Waals surface area (Å²) in [4.78, 5) is 28.5. The molecule has 2 heterocycles. The Kier molecular flexibility index (Phi) is 8.82. The summed E-state index contributed by atoms with van der Waals surface area (Å²) in [5.41, 5.74) is 1.19. The molecule has 4 atom stereocenters. The lowest BCUT2D eigenvalue weighted by Crippen LogP contribution is -2.59. The van der Waals surface area contributed by atoms with E-state index in [0.717, 1.165) is 30.7 Å². The summed E-state index contributed by atoms with van der Waals surface area (Å²) < 4.78 is 5.25. The van der Waals surface area contributed by atoms with Gasteiger partial charge in [0.2, 0.25) is 11.8 Å². The van der Waals surface area contributed by atoms with Gasteiger partial charge < -0.3 is 20.3 Å². The van der Waals surface area contributed by atoms with Crippen molar-refractivity contribution in [3.05, 3.63) is 34.9 Å². The number of likely N-dealkylation sites (tertiary alicyclic amines) is 1. The lowest BCUT2D eigenvalue weighted by molar-refractivity contribution is -0.141. The number of nitrogens with one attached hydrogen (secondary N) is 2. The smallest absolute Gasteiger partial charge is 0.245 e. The van der Waals surface area contributed by atoms with Crippen molar-refractivity contribution < 1.29 is 14.3 Å². The molecule has 2 saturated heterocycles. The maximum Gasteiger partial charge on any atom is 0.245 e. The number of carbonyl (C=O) groups is 2. The highest BCUT2D eigenvalue weighted by molar-refractivity contribution is 6.30. The van der Waals surface area contributed by atoms with Crippen LogP contribution in [0.2, 0.25) is 5.02 Å². The standard InChI is InChI=1S/C26H40ClN3O3/c1-17(2)23(29-24(31)22-8-6-7-20(28-22)15-33-5)25(32)30-14-13-21(26(3,4)16-30)18-9-11-19(27)12-10-18/h9-12,17,20-23,28H,6-8,13-16H2,1-5H3,(H,29,31)/t20?,21?,22?,23-/m1/s1. The fraction of sp³-hybridized carbons (Fsp3) is 0.692. The van der Waals surface area contributed by atoms with Crippen molar-refractivity contribution in [3.8, 4) is 0 Å². The van der Waals surface area contributed by atoms with E-state index in [2.05, 4.69) is 36.6 Å². The maximum absolute atomic E-state index is 13.6. The van der Waals surface area contributed by atoms with Crippen LogP contribution in [-0.2, 0) is 14.3 Å². The molecule has 3 unspecified atom stereocenters. The zero-order valence-corrected chi connectivity index (χ0v) is 21.5. The van der Waals surface area contributed by atoms with Crippen molar-refractivity contribution in [1.29, 1.82) is 0 Å². The minimum Gasteiger partial charge on any atom is -0.383 e. The summed E-state index contributed by atoms with van der Waals surface area (Å²) in [6.07, 6.45) is 3.65. The summed E-state index contributed by atoms with van der Waals surface area (Å²) in [7, 11) is 1.68. The molecule has 33 heavy (non-hydrogen) atoms. The van der Waals surface area contributed by atoms with Gasteiger partial charge in [-0.15, -0.1) is 0 Å². The topological polar surface area (TPSA) is 70.7 Å². The summed E-state index contributed by atoms with van der Waals surface area (Å²) in [6.45, 7) is 10.4. The van der Waals surface area contributed by atoms with Crippen molar-refractivity contribution in [2.24, 2.45) is 11.3 Å². The van der Waals surface area contributed by atoms with Gasteiger partial charge in [-0.2, -0.15) is 0 Å². The number of ether oxygens (including phenoxy) is 1. The molecule has 1 aromatic rings. The number of carbonyl (C=O) groups excluding carboxylic acids is 2. The van der Waals surface area contributed by atoms with Crippen molar-refractivity contribution in [1.82, 2.24) is 15.5 Å². The van der Waals surface area contributed by atoms with E-state index >= 15 is 0 Å². The van der Waals surface area contributed by atoms with Crippen molar-refractivity contribution in [2.75, 3.05) is 26.8 Å². The highest BCUT2D eigenvalue weighted by Gasteiger charge is 2.41. The summed E-state index contributed by atoms with van der Waals surface area (Å²) in [5, 5.41) is 7.20. The molecular weight excluding hydrogens is 438 g/mol. The molecule has 0 saturated carbocycles. The molecule has 2 aliphatic rings. The van der Waals surface area contributed by atoms with E-state index in [9.17, 15) is 9.59 Å². The third-order valence-corrected chi connectivity index (χ3v) is 7.46. The zero-order valence-electron chi connectivity index (χ0n) is 20.7. The van der Waals surface area contributed by atoms with Crippen LogP contribution in [0.1, 0.15) is 64.9 Å². The predicted octanol–water partition coefficient (Wildman–Crippen LogP) is 3.98. The molecule has 0 aliphatic carbocycles. The largest absolute Gasteiger partial charge is 0.383 e. The summed E-state index contributed by atoms with van der Waals surface area (Å²) in [5.74, 6) is 0.301. The highest BCUT2D eigenvalue weighted by atomic mass is 35.5. The second-order valence-electron chi connectivity index (χ2n) is 10.7. The molecule has 184 valence electrons. The second-order valence-corrected chi connectivity index (χ2v) is 11.1. The molecule has 0 spiro atoms. The van der Waals surface area contributed by atoms with Gasteiger partial charge in [-0.25, -0.2) is 0 Å². The van der Waals surface area contributed by atoms with E-state index in [0.29, 0.717) is 25.6 Å². The van der Waals surface area contributed by atoms with E-state index in [4.69, 9.17) is 16.3 Å². The van der Waals surface area contributed by atoms with Crippen LogP contribution < -0.4 is 10.6 Å². The number of benzene rings is 1. The number of hydrogen-bond acceptors (Lipinski definition) is 4. The van der Waals surface area contributed by atoms with Crippen molar-refractivity contribution in [3.63, 3.8) is 0 Å². The predicted molar refractivity (Wildman–Crippen MR) is 132 cm³/mol. The molecule has 0 radical (unpaired) electrons. The van der Waals surface area contributed by atoms with E-state index < -0.39 is 6.04 Å². The molecule has 0 aromatic heterocycles. The number of rotatable bonds is 7. The molecule has 2 aliphatic heterocycles. The Balaban J connectivity index is 1.65. The third kappa shape index (κ3) is 6.49. The number of amides is 2. The number of piperidine rings is 2. The highest BCUT2D eigenvalue weighted by Crippen LogP contribution is 2.42. The summed E-state index contributed by atoms with van der Waals surface area (Å²) >= 11 is 6.07. The van der Waals surface area contributed by atoms with Gasteiger partial charge in [-0.1, -0.05) is 51.4 Å². The Bertz CT molecular complexity index is 810. The molecule has 2 N–H and O–H groups in total. The second kappa shape index (κ2) is 11.2. The van der Waals surface area contributed by atoms with E-state index in [-0.39, 0.29) is 35.2 Å². The first-order valence-electron chi connectivity index (χ1n) is 12.2. The monoisotopic (exact) mass is 477 g/mol. The van der Waals surface area contributed by atoms with Crippen LogP contribution in [0.4, 0.5) is 0 Å². The van der Waals surface area contributed by atoms with Crippen molar-refractivity contribution >= 4 is 23.4 Å². The molecule has 3 rings (SSSR count). The van der Waals surface area contributed by atoms with Crippen LogP contribution in [0.25, 0.3) is 0 Å². The van der Waals surface area contributed by atoms with Crippen LogP contribution in [0.15, 0.2) is 24.3 Å². The summed E-state index contributed by atoms with van der Waals surface area (Å²) in [6, 6.07) is 7.44. The Hall–Kier alpha value is -1.63. The Morgan fingerprint density at radius 1 is 1.21 bits per heavy atom. The minimum atomic E-state index is -0.523. The van der Waals surface area contributed by atoms with Crippen LogP contribution >= 0.6 is 11.6 Å². The van der Waals surface area contributed by atoms with Crippen LogP contribution in [-0.4, -0.2) is 61.6 Å². The Morgan fingerprint density at radius 3 is 2.52 bits per heavy atom. The number of nitrogens with zero attached hydrogens (tertiary/aromatic N) is 1. The van der Waals surface area contributed by atoms with Gasteiger partial charge in [0.1, 0.15) is 6.04 Å². The van der Waals surface area contributed by atoms with Crippen LogP contribution in [0.3, 0.4) is 0 Å². The van der Waals surface area contributed by atoms with Crippen molar-refractivity contribution in [2.45, 2.75) is 77.4 Å². The lowest BCUT2D eigenvalue weighted by Gasteiger charge is -2.46. The third-order valence-electron chi connectivity index (χ3n) is 7.21. The fourth-order valence-electron chi connectivity index (χ4n) is 5.38. The average molecular weight is 478 g/mol. The van der Waals surface area contributed by atoms with E-state index in [1.807, 2.05) is 30.9 Å². The van der Waals surface area contributed by atoms with Crippen LogP contribution in [0.5, 0.6) is 0 Å². The molecule has 0 bridgehead atoms. The first-order chi connectivity index (χ1) is 15.6. The SMILES string of the molecule is COCC1CCCC(C(=O)N[C@@H](C(=O)N2CCC(c3ccc(Cl)cc3)C(C)(C)C2)C(C)C)N1. The van der Waals surface area contributed by atoms with Gasteiger partial charge in [0.05, 0.1) is 12.6 Å². The Labute approximate surface area is 203 Å². The molecule has 1 aromatic carbocycles. The van der Waals surface area contributed by atoms with Gasteiger partial charge in [-0.05, 0) is 60.6 Å². The van der Waals surface area contributed by atoms with E-state index in [1.54, 1.807) is 7.11 Å². The molecular formula is C26H40ClN3O3. The number of methoxy groups -OCH3 is 1. The first-order valence-corrected chi connectivity index (χ1v) is 12.6. The molecule has 7 heteroatoms. The Morgan fingerprint density at radius 2 is 1.91 bits per heavy atom. The van der Waals surface area contributed by atoms with Gasteiger partial charge in [-0.3, -0.25) is 9.59 Å². The number of hydrogen-bond donors (Lipinski definition) is 2. The van der Waals surface area contributed by atoms with Gasteiger partial charge in [0.25, 0.3) is 0 Å². The molecule has 6 nitrogen and oxygen atoms in total.